The van der Waals surface area contributed by atoms with E-state index in [2.05, 4.69) is 15.0 Å². The molecule has 1 saturated heterocycles. The van der Waals surface area contributed by atoms with Gasteiger partial charge in [0.25, 0.3) is 0 Å². The Morgan fingerprint density at radius 2 is 2.26 bits per heavy atom. The number of H-pyrrole nitrogens is 1. The van der Waals surface area contributed by atoms with Crippen LogP contribution in [-0.2, 0) is 9.47 Å². The van der Waals surface area contributed by atoms with E-state index in [1.165, 1.54) is 12.7 Å². The van der Waals surface area contributed by atoms with Gasteiger partial charge in [-0.15, -0.1) is 4.73 Å². The van der Waals surface area contributed by atoms with Crippen molar-refractivity contribution in [3.05, 3.63) is 16.7 Å². The molecule has 2 aromatic heterocycles. The molecule has 1 spiro atoms. The van der Waals surface area contributed by atoms with Crippen molar-refractivity contribution in [2.45, 2.75) is 44.0 Å². The Morgan fingerprint density at radius 3 is 3.09 bits per heavy atom. The third-order valence-corrected chi connectivity index (χ3v) is 4.36. The molecule has 1 saturated carbocycles. The summed E-state index contributed by atoms with van der Waals surface area (Å²) in [6, 6.07) is 0. The largest absolute Gasteiger partial charge is 0.404 e. The fraction of sp³-hybridized carbons (Fsp3) is 0.643. The lowest BCUT2D eigenvalue weighted by Crippen LogP contribution is -2.37. The van der Waals surface area contributed by atoms with Crippen LogP contribution in [0.25, 0.3) is 11.2 Å². The highest BCUT2D eigenvalue weighted by Gasteiger charge is 2.42. The zero-order chi connectivity index (χ0) is 15.9. The number of hydrogen-bond acceptors (Lipinski definition) is 7. The molecule has 0 aromatic carbocycles. The van der Waals surface area contributed by atoms with Gasteiger partial charge in [-0.3, -0.25) is 4.79 Å². The van der Waals surface area contributed by atoms with Gasteiger partial charge in [-0.2, -0.15) is 4.98 Å². The van der Waals surface area contributed by atoms with Crippen LogP contribution in [0.5, 0.6) is 0 Å². The van der Waals surface area contributed by atoms with Crippen LogP contribution < -0.4 is 16.1 Å². The maximum atomic E-state index is 12.3. The molecule has 1 unspecified atom stereocenters. The van der Waals surface area contributed by atoms with Crippen molar-refractivity contribution in [1.82, 2.24) is 19.7 Å². The first-order valence-electron chi connectivity index (χ1n) is 7.84. The van der Waals surface area contributed by atoms with Crippen LogP contribution in [0.2, 0.25) is 0 Å². The second kappa shape index (κ2) is 5.50. The summed E-state index contributed by atoms with van der Waals surface area (Å²) in [5, 5.41) is 0. The first-order chi connectivity index (χ1) is 11.2. The van der Waals surface area contributed by atoms with Crippen molar-refractivity contribution in [2.75, 3.05) is 18.9 Å². The van der Waals surface area contributed by atoms with Crippen LogP contribution in [0, 0.1) is 0 Å². The summed E-state index contributed by atoms with van der Waals surface area (Å²) >= 11 is 0. The second-order valence-electron chi connectivity index (χ2n) is 5.99. The Hall–Kier alpha value is -2.13. The molecule has 9 nitrogen and oxygen atoms in total. The Morgan fingerprint density at radius 1 is 1.43 bits per heavy atom. The molecule has 1 aliphatic heterocycles. The van der Waals surface area contributed by atoms with E-state index in [-0.39, 0.29) is 29.8 Å². The van der Waals surface area contributed by atoms with Gasteiger partial charge >= 0.3 is 5.56 Å². The van der Waals surface area contributed by atoms with E-state index in [9.17, 15) is 4.79 Å². The zero-order valence-electron chi connectivity index (χ0n) is 12.7. The van der Waals surface area contributed by atoms with E-state index < -0.39 is 11.3 Å². The van der Waals surface area contributed by atoms with Gasteiger partial charge in [0, 0.05) is 12.8 Å². The molecule has 0 radical (unpaired) electrons. The number of rotatable bonds is 3. The average molecular weight is 321 g/mol. The minimum atomic E-state index is -0.464. The van der Waals surface area contributed by atoms with Gasteiger partial charge in [0.2, 0.25) is 5.95 Å². The summed E-state index contributed by atoms with van der Waals surface area (Å²) in [4.78, 5) is 28.5. The molecule has 2 aromatic rings. The number of hydrogen-bond donors (Lipinski definition) is 2. The normalized spacial score (nSPS) is 23.6. The first-order valence-corrected chi connectivity index (χ1v) is 7.84. The molecule has 1 atom stereocenters. The molecule has 2 fully saturated rings. The third kappa shape index (κ3) is 2.55. The van der Waals surface area contributed by atoms with Crippen LogP contribution in [0.4, 0.5) is 5.95 Å². The fourth-order valence-corrected chi connectivity index (χ4v) is 3.22. The molecule has 4 rings (SSSR count). The van der Waals surface area contributed by atoms with Gasteiger partial charge in [-0.05, 0) is 12.8 Å². The molecule has 0 bridgehead atoms. The predicted octanol–water partition coefficient (Wildman–Crippen LogP) is 0.206. The summed E-state index contributed by atoms with van der Waals surface area (Å²) in [7, 11) is 0. The highest BCUT2D eigenvalue weighted by molar-refractivity contribution is 5.69. The Bertz CT molecular complexity index is 764. The second-order valence-corrected chi connectivity index (χ2v) is 5.99. The Kier molecular flexibility index (Phi) is 3.46. The van der Waals surface area contributed by atoms with Crippen LogP contribution in [-0.4, -0.2) is 44.8 Å². The van der Waals surface area contributed by atoms with Gasteiger partial charge in [-0.1, -0.05) is 6.42 Å². The number of nitrogens with two attached hydrogens (primary N) is 1. The predicted molar refractivity (Wildman–Crippen MR) is 80.6 cm³/mol. The van der Waals surface area contributed by atoms with Crippen LogP contribution in [0.1, 0.15) is 32.1 Å². The molecule has 9 heteroatoms. The number of nitrogens with one attached hydrogen (secondary N) is 1. The van der Waals surface area contributed by atoms with E-state index in [0.29, 0.717) is 6.61 Å². The monoisotopic (exact) mass is 321 g/mol. The summed E-state index contributed by atoms with van der Waals surface area (Å²) in [6.45, 7) is 0.627. The minimum Gasteiger partial charge on any atom is -0.404 e. The lowest BCUT2D eigenvalue weighted by Gasteiger charge is -2.31. The summed E-state index contributed by atoms with van der Waals surface area (Å²) in [6.07, 6.45) is 6.43. The topological polar surface area (TPSA) is 117 Å². The highest BCUT2D eigenvalue weighted by atomic mass is 16.8. The Labute approximate surface area is 131 Å². The van der Waals surface area contributed by atoms with E-state index in [1.807, 2.05) is 0 Å². The number of aromatic amines is 1. The fourth-order valence-electron chi connectivity index (χ4n) is 3.22. The smallest absolute Gasteiger partial charge is 0.314 e. The van der Waals surface area contributed by atoms with Crippen molar-refractivity contribution < 1.29 is 14.3 Å². The molecule has 23 heavy (non-hydrogen) atoms. The summed E-state index contributed by atoms with van der Waals surface area (Å²) < 4.78 is 12.8. The third-order valence-electron chi connectivity index (χ3n) is 4.36. The van der Waals surface area contributed by atoms with Crippen molar-refractivity contribution in [3.8, 4) is 0 Å². The van der Waals surface area contributed by atoms with Gasteiger partial charge in [0.15, 0.2) is 17.0 Å². The maximum Gasteiger partial charge on any atom is 0.314 e. The van der Waals surface area contributed by atoms with Crippen molar-refractivity contribution in [3.63, 3.8) is 0 Å². The van der Waals surface area contributed by atoms with E-state index in [4.69, 9.17) is 20.0 Å². The number of nitrogens with zero attached hydrogens (tertiary/aromatic N) is 3. The zero-order valence-corrected chi connectivity index (χ0v) is 12.7. The van der Waals surface area contributed by atoms with Crippen LogP contribution in [0.3, 0.4) is 0 Å². The van der Waals surface area contributed by atoms with Crippen molar-refractivity contribution in [1.29, 1.82) is 0 Å². The standard InChI is InChI=1S/C14H19N5O4/c15-13-18-11-10(16-8-17-11)12(20)19(13)22-7-9-6-21-14(23-9)4-2-1-3-5-14/h8-9H,1-7H2,(H2,15,18)(H,16,17). The molecular weight excluding hydrogens is 302 g/mol. The molecule has 3 heterocycles. The van der Waals surface area contributed by atoms with Gasteiger partial charge < -0.3 is 25.0 Å². The number of anilines is 1. The number of aromatic nitrogens is 4. The lowest BCUT2D eigenvalue weighted by atomic mass is 9.94. The molecule has 0 amide bonds. The number of nitrogen functional groups attached to an aromatic ring is 1. The average Bonchev–Trinajstić information content (AvgIpc) is 3.15. The van der Waals surface area contributed by atoms with E-state index >= 15 is 0 Å². The maximum absolute atomic E-state index is 12.3. The lowest BCUT2D eigenvalue weighted by molar-refractivity contribution is -0.191. The molecule has 3 N–H and O–H groups in total. The minimum absolute atomic E-state index is 0.0408. The molecule has 1 aliphatic carbocycles. The first kappa shape index (κ1) is 14.5. The number of fused-ring (bicyclic) bond motifs is 1. The quantitative estimate of drug-likeness (QED) is 0.829. The SMILES string of the molecule is Nc1nc2nc[nH]c2c(=O)n1OCC1COC2(CCCCC2)O1. The molecule has 124 valence electrons. The van der Waals surface area contributed by atoms with Crippen molar-refractivity contribution >= 4 is 17.1 Å². The molecular formula is C14H19N5O4. The number of imidazole rings is 1. The van der Waals surface area contributed by atoms with Gasteiger partial charge in [-0.25, -0.2) is 4.98 Å². The van der Waals surface area contributed by atoms with Crippen molar-refractivity contribution in [2.24, 2.45) is 0 Å². The van der Waals surface area contributed by atoms with E-state index in [0.717, 1.165) is 30.4 Å². The van der Waals surface area contributed by atoms with Crippen LogP contribution in [0.15, 0.2) is 11.1 Å². The van der Waals surface area contributed by atoms with E-state index in [1.54, 1.807) is 0 Å². The van der Waals surface area contributed by atoms with Crippen LogP contribution >= 0.6 is 0 Å². The summed E-state index contributed by atoms with van der Waals surface area (Å²) in [5.74, 6) is -0.505. The Balaban J connectivity index is 1.46. The highest BCUT2D eigenvalue weighted by Crippen LogP contribution is 2.37. The molecule has 2 aliphatic rings. The van der Waals surface area contributed by atoms with Gasteiger partial charge in [0.1, 0.15) is 12.7 Å². The van der Waals surface area contributed by atoms with Gasteiger partial charge in [0.05, 0.1) is 12.9 Å². The number of ether oxygens (including phenoxy) is 2. The summed E-state index contributed by atoms with van der Waals surface area (Å²) in [5.41, 5.74) is 5.88.